The monoisotopic (exact) mass is 256 g/mol. The number of nitriles is 1. The lowest BCUT2D eigenvalue weighted by atomic mass is 9.84. The van der Waals surface area contributed by atoms with Gasteiger partial charge in [-0.2, -0.15) is 5.26 Å². The maximum atomic E-state index is 11.6. The molecule has 100 valence electrons. The fourth-order valence-electron chi connectivity index (χ4n) is 2.89. The second-order valence-corrected chi connectivity index (χ2v) is 5.15. The van der Waals surface area contributed by atoms with Crippen LogP contribution in [0.15, 0.2) is 18.2 Å². The quantitative estimate of drug-likeness (QED) is 0.781. The van der Waals surface area contributed by atoms with E-state index in [4.69, 9.17) is 0 Å². The van der Waals surface area contributed by atoms with Crippen LogP contribution in [-0.2, 0) is 0 Å². The van der Waals surface area contributed by atoms with Gasteiger partial charge in [0.05, 0.1) is 5.56 Å². The molecule has 0 spiro atoms. The minimum absolute atomic E-state index is 0.0237. The van der Waals surface area contributed by atoms with Crippen LogP contribution in [0, 0.1) is 11.3 Å². The third-order valence-electron chi connectivity index (χ3n) is 4.06. The molecule has 0 atom stereocenters. The topological polar surface area (TPSA) is 44.1 Å². The van der Waals surface area contributed by atoms with E-state index < -0.39 is 0 Å². The Morgan fingerprint density at radius 3 is 2.63 bits per heavy atom. The first-order valence-electron chi connectivity index (χ1n) is 6.93. The lowest BCUT2D eigenvalue weighted by Crippen LogP contribution is -2.32. The van der Waals surface area contributed by atoms with E-state index in [0.717, 1.165) is 38.0 Å². The highest BCUT2D eigenvalue weighted by Crippen LogP contribution is 2.31. The van der Waals surface area contributed by atoms with E-state index in [1.54, 1.807) is 6.07 Å². The van der Waals surface area contributed by atoms with Crippen molar-refractivity contribution < 1.29 is 4.79 Å². The van der Waals surface area contributed by atoms with E-state index in [0.29, 0.717) is 17.0 Å². The number of hydrogen-bond acceptors (Lipinski definition) is 3. The molecule has 0 aromatic heterocycles. The minimum Gasteiger partial charge on any atom is -0.304 e. The summed E-state index contributed by atoms with van der Waals surface area (Å²) in [6, 6.07) is 7.90. The largest absolute Gasteiger partial charge is 0.304 e. The van der Waals surface area contributed by atoms with Crippen LogP contribution in [-0.4, -0.2) is 30.3 Å². The second-order valence-electron chi connectivity index (χ2n) is 5.15. The smallest absolute Gasteiger partial charge is 0.161 e. The lowest BCUT2D eigenvalue weighted by molar-refractivity contribution is 0.101. The average molecular weight is 256 g/mol. The third-order valence-corrected chi connectivity index (χ3v) is 4.06. The van der Waals surface area contributed by atoms with Crippen molar-refractivity contribution in [1.82, 2.24) is 4.90 Å². The predicted molar refractivity (Wildman–Crippen MR) is 75.3 cm³/mol. The lowest BCUT2D eigenvalue weighted by Gasteiger charge is -2.31. The molecule has 1 heterocycles. The zero-order valence-corrected chi connectivity index (χ0v) is 11.6. The van der Waals surface area contributed by atoms with Gasteiger partial charge in [0.1, 0.15) is 6.07 Å². The van der Waals surface area contributed by atoms with Gasteiger partial charge in [-0.25, -0.2) is 0 Å². The van der Waals surface area contributed by atoms with Crippen molar-refractivity contribution in [3.63, 3.8) is 0 Å². The van der Waals surface area contributed by atoms with Gasteiger partial charge in [-0.15, -0.1) is 0 Å². The fourth-order valence-corrected chi connectivity index (χ4v) is 2.89. The number of likely N-dealkylation sites (tertiary alicyclic amines) is 1. The third kappa shape index (κ3) is 2.85. The minimum atomic E-state index is -0.0237. The predicted octanol–water partition coefficient (Wildman–Crippen LogP) is 2.96. The van der Waals surface area contributed by atoms with Crippen molar-refractivity contribution in [2.45, 2.75) is 32.6 Å². The van der Waals surface area contributed by atoms with Crippen LogP contribution < -0.4 is 0 Å². The average Bonchev–Trinajstić information content (AvgIpc) is 2.46. The number of rotatable bonds is 3. The molecule has 1 aromatic carbocycles. The summed E-state index contributed by atoms with van der Waals surface area (Å²) in [5, 5.41) is 9.36. The first-order valence-corrected chi connectivity index (χ1v) is 6.93. The van der Waals surface area contributed by atoms with Gasteiger partial charge < -0.3 is 4.90 Å². The van der Waals surface area contributed by atoms with Crippen molar-refractivity contribution in [2.24, 2.45) is 0 Å². The Hall–Kier alpha value is -1.66. The van der Waals surface area contributed by atoms with E-state index in [1.165, 1.54) is 6.92 Å². The number of hydrogen-bond donors (Lipinski definition) is 0. The Bertz CT molecular complexity index is 508. The summed E-state index contributed by atoms with van der Waals surface area (Å²) in [5.74, 6) is 0.390. The molecule has 1 saturated heterocycles. The van der Waals surface area contributed by atoms with Gasteiger partial charge in [0, 0.05) is 5.56 Å². The summed E-state index contributed by atoms with van der Waals surface area (Å²) >= 11 is 0. The van der Waals surface area contributed by atoms with E-state index >= 15 is 0 Å². The molecule has 0 saturated carbocycles. The molecule has 0 radical (unpaired) electrons. The molecule has 1 fully saturated rings. The van der Waals surface area contributed by atoms with Crippen molar-refractivity contribution >= 4 is 5.78 Å². The standard InChI is InChI=1S/C16H20N2O/c1-3-18-9-7-13(8-10-18)15-6-4-5-14(12(2)19)16(15)11-17/h4-6,13H,3,7-10H2,1-2H3. The number of carbonyl (C=O) groups excluding carboxylic acids is 1. The summed E-state index contributed by atoms with van der Waals surface area (Å²) in [6.07, 6.45) is 2.15. The summed E-state index contributed by atoms with van der Waals surface area (Å²) in [4.78, 5) is 14.0. The van der Waals surface area contributed by atoms with Gasteiger partial charge in [-0.05, 0) is 50.9 Å². The van der Waals surface area contributed by atoms with Crippen LogP contribution in [0.3, 0.4) is 0 Å². The summed E-state index contributed by atoms with van der Waals surface area (Å²) in [7, 11) is 0. The number of carbonyl (C=O) groups is 1. The zero-order valence-electron chi connectivity index (χ0n) is 11.6. The van der Waals surface area contributed by atoms with Crippen molar-refractivity contribution in [1.29, 1.82) is 5.26 Å². The van der Waals surface area contributed by atoms with Gasteiger partial charge >= 0.3 is 0 Å². The van der Waals surface area contributed by atoms with Crippen LogP contribution in [0.4, 0.5) is 0 Å². The van der Waals surface area contributed by atoms with Crippen LogP contribution >= 0.6 is 0 Å². The number of Topliss-reactive ketones (excluding diaryl/α,β-unsaturated/α-hetero) is 1. The molecule has 1 aromatic rings. The van der Waals surface area contributed by atoms with Crippen molar-refractivity contribution in [3.8, 4) is 6.07 Å². The highest BCUT2D eigenvalue weighted by molar-refractivity contribution is 5.96. The van der Waals surface area contributed by atoms with Gasteiger partial charge in [0.25, 0.3) is 0 Å². The van der Waals surface area contributed by atoms with E-state index in [-0.39, 0.29) is 5.78 Å². The Labute approximate surface area is 114 Å². The molecule has 3 heteroatoms. The number of piperidine rings is 1. The normalized spacial score (nSPS) is 17.1. The molecule has 0 aliphatic carbocycles. The molecule has 2 rings (SSSR count). The van der Waals surface area contributed by atoms with E-state index in [1.807, 2.05) is 12.1 Å². The summed E-state index contributed by atoms with van der Waals surface area (Å²) in [6.45, 7) is 6.95. The Kier molecular flexibility index (Phi) is 4.34. The zero-order chi connectivity index (χ0) is 13.8. The molecule has 1 aliphatic rings. The van der Waals surface area contributed by atoms with Crippen LogP contribution in [0.5, 0.6) is 0 Å². The molecule has 0 unspecified atom stereocenters. The molecular weight excluding hydrogens is 236 g/mol. The molecule has 3 nitrogen and oxygen atoms in total. The van der Waals surface area contributed by atoms with Gasteiger partial charge in [0.15, 0.2) is 5.78 Å². The highest BCUT2D eigenvalue weighted by Gasteiger charge is 2.23. The van der Waals surface area contributed by atoms with E-state index in [2.05, 4.69) is 17.9 Å². The first-order chi connectivity index (χ1) is 9.17. The fraction of sp³-hybridized carbons (Fsp3) is 0.500. The van der Waals surface area contributed by atoms with E-state index in [9.17, 15) is 10.1 Å². The Morgan fingerprint density at radius 1 is 1.42 bits per heavy atom. The summed E-state index contributed by atoms with van der Waals surface area (Å²) in [5.41, 5.74) is 2.22. The van der Waals surface area contributed by atoms with Crippen molar-refractivity contribution in [3.05, 3.63) is 34.9 Å². The molecule has 0 bridgehead atoms. The van der Waals surface area contributed by atoms with Gasteiger partial charge in [0.2, 0.25) is 0 Å². The number of ketones is 1. The second kappa shape index (κ2) is 5.99. The Balaban J connectivity index is 2.28. The van der Waals surface area contributed by atoms with Gasteiger partial charge in [-0.1, -0.05) is 25.1 Å². The Morgan fingerprint density at radius 2 is 2.11 bits per heavy atom. The first kappa shape index (κ1) is 13.8. The molecule has 0 amide bonds. The molecule has 1 aliphatic heterocycles. The summed E-state index contributed by atoms with van der Waals surface area (Å²) < 4.78 is 0. The van der Waals surface area contributed by atoms with Gasteiger partial charge in [-0.3, -0.25) is 4.79 Å². The highest BCUT2D eigenvalue weighted by atomic mass is 16.1. The van der Waals surface area contributed by atoms with Crippen LogP contribution in [0.2, 0.25) is 0 Å². The molecular formula is C16H20N2O. The molecule has 0 N–H and O–H groups in total. The van der Waals surface area contributed by atoms with Crippen molar-refractivity contribution in [2.75, 3.05) is 19.6 Å². The maximum Gasteiger partial charge on any atom is 0.161 e. The molecule has 19 heavy (non-hydrogen) atoms. The number of nitrogens with zero attached hydrogens (tertiary/aromatic N) is 2. The van der Waals surface area contributed by atoms with Crippen LogP contribution in [0.25, 0.3) is 0 Å². The maximum absolute atomic E-state index is 11.6. The SMILES string of the molecule is CCN1CCC(c2cccc(C(C)=O)c2C#N)CC1. The number of benzene rings is 1. The van der Waals surface area contributed by atoms with Crippen LogP contribution in [0.1, 0.15) is 54.1 Å².